The van der Waals surface area contributed by atoms with Gasteiger partial charge in [-0.1, -0.05) is 48.5 Å². The van der Waals surface area contributed by atoms with Gasteiger partial charge in [0.25, 0.3) is 0 Å². The van der Waals surface area contributed by atoms with Crippen LogP contribution in [0.4, 0.5) is 5.69 Å². The van der Waals surface area contributed by atoms with Gasteiger partial charge in [0.05, 0.1) is 12.0 Å². The number of hydrogen-bond acceptors (Lipinski definition) is 4. The van der Waals surface area contributed by atoms with E-state index >= 15 is 0 Å². The number of carbonyl (C=O) groups is 1. The number of fused-ring (bicyclic) bond motifs is 1. The van der Waals surface area contributed by atoms with Gasteiger partial charge in [-0.3, -0.25) is 9.69 Å². The van der Waals surface area contributed by atoms with Crippen LogP contribution in [-0.4, -0.2) is 39.0 Å². The van der Waals surface area contributed by atoms with E-state index in [9.17, 15) is 4.79 Å². The Morgan fingerprint density at radius 3 is 2.58 bits per heavy atom. The third-order valence-electron chi connectivity index (χ3n) is 6.59. The van der Waals surface area contributed by atoms with Crippen LogP contribution in [0.15, 0.2) is 67.1 Å². The monoisotopic (exact) mass is 415 g/mol. The number of imidazole rings is 1. The quantitative estimate of drug-likeness (QED) is 0.686. The van der Waals surface area contributed by atoms with Crippen LogP contribution in [-0.2, 0) is 24.4 Å². The molecule has 6 heteroatoms. The Hall–Kier alpha value is -3.12. The third kappa shape index (κ3) is 4.49. The zero-order valence-corrected chi connectivity index (χ0v) is 17.8. The van der Waals surface area contributed by atoms with E-state index < -0.39 is 0 Å². The summed E-state index contributed by atoms with van der Waals surface area (Å²) >= 11 is 0. The van der Waals surface area contributed by atoms with Gasteiger partial charge in [0.15, 0.2) is 0 Å². The lowest BCUT2D eigenvalue weighted by Crippen LogP contribution is -2.52. The number of nitrogens with zero attached hydrogens (tertiary/aromatic N) is 3. The third-order valence-corrected chi connectivity index (χ3v) is 6.59. The Morgan fingerprint density at radius 1 is 0.968 bits per heavy atom. The van der Waals surface area contributed by atoms with Gasteiger partial charge < -0.3 is 15.2 Å². The number of anilines is 1. The molecule has 0 unspecified atom stereocenters. The highest BCUT2D eigenvalue weighted by Crippen LogP contribution is 2.33. The van der Waals surface area contributed by atoms with Crippen molar-refractivity contribution in [3.05, 3.63) is 83.9 Å². The second kappa shape index (κ2) is 8.55. The summed E-state index contributed by atoms with van der Waals surface area (Å²) in [6.07, 6.45) is 6.32. The SMILES string of the molecule is O=C1CC2(CCN(Cc3cncn3Cc3ccccc3)CC2)Nc2ccccc2CN1. The molecule has 31 heavy (non-hydrogen) atoms. The minimum absolute atomic E-state index is 0.136. The molecule has 1 amide bonds. The topological polar surface area (TPSA) is 62.2 Å². The van der Waals surface area contributed by atoms with Gasteiger partial charge in [0.2, 0.25) is 5.91 Å². The molecule has 0 saturated carbocycles. The molecular weight excluding hydrogens is 386 g/mol. The Bertz CT molecular complexity index is 1040. The second-order valence-corrected chi connectivity index (χ2v) is 8.79. The highest BCUT2D eigenvalue weighted by Gasteiger charge is 2.38. The predicted octanol–water partition coefficient (Wildman–Crippen LogP) is 3.40. The number of para-hydroxylation sites is 1. The lowest BCUT2D eigenvalue weighted by molar-refractivity contribution is -0.122. The first kappa shape index (κ1) is 19.8. The van der Waals surface area contributed by atoms with Crippen molar-refractivity contribution in [2.45, 2.75) is 44.4 Å². The molecule has 3 aromatic rings. The largest absolute Gasteiger partial charge is 0.379 e. The number of nitrogens with one attached hydrogen (secondary N) is 2. The lowest BCUT2D eigenvalue weighted by Gasteiger charge is -2.44. The van der Waals surface area contributed by atoms with Crippen molar-refractivity contribution in [1.29, 1.82) is 0 Å². The maximum absolute atomic E-state index is 12.5. The summed E-state index contributed by atoms with van der Waals surface area (Å²) < 4.78 is 2.23. The van der Waals surface area contributed by atoms with E-state index in [1.54, 1.807) is 0 Å². The van der Waals surface area contributed by atoms with Crippen LogP contribution in [0.1, 0.15) is 36.1 Å². The maximum atomic E-state index is 12.5. The van der Waals surface area contributed by atoms with Crippen molar-refractivity contribution in [1.82, 2.24) is 19.8 Å². The minimum atomic E-state index is -0.179. The average molecular weight is 416 g/mol. The Kier molecular flexibility index (Phi) is 5.47. The van der Waals surface area contributed by atoms with Crippen molar-refractivity contribution in [3.63, 3.8) is 0 Å². The van der Waals surface area contributed by atoms with Gasteiger partial charge in [-0.25, -0.2) is 4.98 Å². The number of hydrogen-bond donors (Lipinski definition) is 2. The van der Waals surface area contributed by atoms with Crippen LogP contribution in [0, 0.1) is 0 Å². The molecule has 1 spiro atoms. The Morgan fingerprint density at radius 2 is 1.74 bits per heavy atom. The summed E-state index contributed by atoms with van der Waals surface area (Å²) in [6, 6.07) is 18.8. The first-order valence-corrected chi connectivity index (χ1v) is 11.1. The molecule has 2 aromatic carbocycles. The molecule has 160 valence electrons. The summed E-state index contributed by atoms with van der Waals surface area (Å²) in [4.78, 5) is 19.4. The van der Waals surface area contributed by atoms with Gasteiger partial charge >= 0.3 is 0 Å². The molecule has 5 rings (SSSR count). The van der Waals surface area contributed by atoms with Crippen LogP contribution >= 0.6 is 0 Å². The lowest BCUT2D eigenvalue weighted by atomic mass is 9.82. The van der Waals surface area contributed by atoms with Gasteiger partial charge in [-0.2, -0.15) is 0 Å². The minimum Gasteiger partial charge on any atom is -0.379 e. The van der Waals surface area contributed by atoms with Crippen LogP contribution in [0.2, 0.25) is 0 Å². The van der Waals surface area contributed by atoms with Gasteiger partial charge in [0.1, 0.15) is 0 Å². The van der Waals surface area contributed by atoms with Gasteiger partial charge in [-0.15, -0.1) is 0 Å². The summed E-state index contributed by atoms with van der Waals surface area (Å²) in [5, 5.41) is 6.85. The van der Waals surface area contributed by atoms with Crippen LogP contribution in [0.25, 0.3) is 0 Å². The number of benzene rings is 2. The van der Waals surface area contributed by atoms with E-state index in [1.165, 1.54) is 11.3 Å². The number of likely N-dealkylation sites (tertiary alicyclic amines) is 1. The molecule has 0 radical (unpaired) electrons. The van der Waals surface area contributed by atoms with Crippen LogP contribution in [0.3, 0.4) is 0 Å². The van der Waals surface area contributed by atoms with Gasteiger partial charge in [0, 0.05) is 56.6 Å². The fraction of sp³-hybridized carbons (Fsp3) is 0.360. The van der Waals surface area contributed by atoms with E-state index in [0.29, 0.717) is 13.0 Å². The van der Waals surface area contributed by atoms with Crippen molar-refractivity contribution < 1.29 is 4.79 Å². The summed E-state index contributed by atoms with van der Waals surface area (Å²) in [5.41, 5.74) is 4.64. The van der Waals surface area contributed by atoms with E-state index in [4.69, 9.17) is 0 Å². The number of amides is 1. The highest BCUT2D eigenvalue weighted by atomic mass is 16.1. The van der Waals surface area contributed by atoms with Crippen molar-refractivity contribution in [2.75, 3.05) is 18.4 Å². The number of carbonyl (C=O) groups excluding carboxylic acids is 1. The molecule has 1 aromatic heterocycles. The standard InChI is InChI=1S/C25H29N5O/c31-24-14-25(28-23-9-5-4-8-21(23)15-27-24)10-12-29(13-11-25)18-22-16-26-19-30(22)17-20-6-2-1-3-7-20/h1-9,16,19,28H,10-15,17-18H2,(H,27,31). The normalized spacial score (nSPS) is 18.5. The molecule has 1 saturated heterocycles. The van der Waals surface area contributed by atoms with Crippen molar-refractivity contribution >= 4 is 11.6 Å². The molecule has 6 nitrogen and oxygen atoms in total. The number of rotatable bonds is 4. The zero-order chi connectivity index (χ0) is 21.1. The number of aromatic nitrogens is 2. The Labute approximate surface area is 183 Å². The van der Waals surface area contributed by atoms with Crippen LogP contribution in [0.5, 0.6) is 0 Å². The van der Waals surface area contributed by atoms with Crippen molar-refractivity contribution in [2.24, 2.45) is 0 Å². The van der Waals surface area contributed by atoms with E-state index in [1.807, 2.05) is 24.7 Å². The molecule has 2 aliphatic heterocycles. The molecule has 3 heterocycles. The fourth-order valence-electron chi connectivity index (χ4n) is 4.76. The molecule has 1 fully saturated rings. The molecule has 2 N–H and O–H groups in total. The van der Waals surface area contributed by atoms with E-state index in [0.717, 1.165) is 50.3 Å². The molecule has 2 aliphatic rings. The van der Waals surface area contributed by atoms with Gasteiger partial charge in [-0.05, 0) is 30.0 Å². The average Bonchev–Trinajstić information content (AvgIpc) is 3.21. The van der Waals surface area contributed by atoms with Crippen molar-refractivity contribution in [3.8, 4) is 0 Å². The summed E-state index contributed by atoms with van der Waals surface area (Å²) in [6.45, 7) is 4.23. The molecule has 0 atom stereocenters. The second-order valence-electron chi connectivity index (χ2n) is 8.79. The first-order valence-electron chi connectivity index (χ1n) is 11.1. The molecule has 0 bridgehead atoms. The highest BCUT2D eigenvalue weighted by molar-refractivity contribution is 5.79. The van der Waals surface area contributed by atoms with Crippen LogP contribution < -0.4 is 10.6 Å². The van der Waals surface area contributed by atoms with E-state index in [-0.39, 0.29) is 11.4 Å². The predicted molar refractivity (Wildman–Crippen MR) is 122 cm³/mol. The van der Waals surface area contributed by atoms with E-state index in [2.05, 4.69) is 67.5 Å². The molecule has 0 aliphatic carbocycles. The zero-order valence-electron chi connectivity index (χ0n) is 17.8. The maximum Gasteiger partial charge on any atom is 0.222 e. The smallest absolute Gasteiger partial charge is 0.222 e. The molecular formula is C25H29N5O. The number of piperidine rings is 1. The fourth-order valence-corrected chi connectivity index (χ4v) is 4.76. The first-order chi connectivity index (χ1) is 15.2. The summed E-state index contributed by atoms with van der Waals surface area (Å²) in [7, 11) is 0. The Balaban J connectivity index is 1.26. The summed E-state index contributed by atoms with van der Waals surface area (Å²) in [5.74, 6) is 0.136.